The fraction of sp³-hybridized carbons (Fsp3) is 0.286. The molecule has 9 nitrogen and oxygen atoms in total. The van der Waals surface area contributed by atoms with Gasteiger partial charge in [-0.05, 0) is 36.6 Å². The maximum Gasteiger partial charge on any atom is 0.322 e. The number of aliphatic carboxylic acids is 1. The lowest BCUT2D eigenvalue weighted by atomic mass is 10.0. The minimum absolute atomic E-state index is 0.278. The number of carbonyl (C=O) groups is 2. The van der Waals surface area contributed by atoms with Crippen LogP contribution in [0, 0.1) is 0 Å². The first-order valence-electron chi connectivity index (χ1n) is 9.93. The molecule has 0 aromatic carbocycles. The van der Waals surface area contributed by atoms with Gasteiger partial charge >= 0.3 is 5.97 Å². The Labute approximate surface area is 183 Å². The Balaban J connectivity index is 0.000000858. The lowest BCUT2D eigenvalue weighted by Gasteiger charge is -2.14. The first kappa shape index (κ1) is 22.2. The second-order valence-corrected chi connectivity index (χ2v) is 7.66. The van der Waals surface area contributed by atoms with Crippen molar-refractivity contribution >= 4 is 39.6 Å². The van der Waals surface area contributed by atoms with Gasteiger partial charge in [-0.2, -0.15) is 0 Å². The summed E-state index contributed by atoms with van der Waals surface area (Å²) in [4.78, 5) is 27.1. The number of thiazole rings is 1. The first-order valence-corrected chi connectivity index (χ1v) is 10.8. The number of fused-ring (bicyclic) bond motifs is 1. The molecule has 0 unspecified atom stereocenters. The molecular weight excluding hydrogens is 416 g/mol. The van der Waals surface area contributed by atoms with Crippen molar-refractivity contribution in [3.8, 4) is 0 Å². The van der Waals surface area contributed by atoms with Crippen LogP contribution < -0.4 is 10.6 Å². The molecule has 3 heterocycles. The van der Waals surface area contributed by atoms with Crippen molar-refractivity contribution in [2.75, 3.05) is 11.9 Å². The normalized spacial score (nSPS) is 13.0. The van der Waals surface area contributed by atoms with Gasteiger partial charge in [0.05, 0.1) is 5.56 Å². The summed E-state index contributed by atoms with van der Waals surface area (Å²) in [6.45, 7) is 3.80. The average Bonchev–Trinajstić information content (AvgIpc) is 3.43. The van der Waals surface area contributed by atoms with Crippen molar-refractivity contribution in [3.05, 3.63) is 59.1 Å². The third-order valence-electron chi connectivity index (χ3n) is 4.22. The van der Waals surface area contributed by atoms with Crippen LogP contribution in [0.4, 0.5) is 5.13 Å². The van der Waals surface area contributed by atoms with Gasteiger partial charge in [0.2, 0.25) is 0 Å². The van der Waals surface area contributed by atoms with Crippen molar-refractivity contribution < 1.29 is 14.7 Å². The summed E-state index contributed by atoms with van der Waals surface area (Å²) in [5, 5.41) is 25.5. The van der Waals surface area contributed by atoms with Gasteiger partial charge in [-0.3, -0.25) is 14.0 Å². The Morgan fingerprint density at radius 2 is 2.03 bits per heavy atom. The average molecular weight is 441 g/mol. The van der Waals surface area contributed by atoms with Gasteiger partial charge < -0.3 is 15.7 Å². The second-order valence-electron chi connectivity index (χ2n) is 6.77. The molecule has 0 atom stereocenters. The minimum atomic E-state index is -1.11. The third-order valence-corrected chi connectivity index (χ3v) is 4.90. The zero-order chi connectivity index (χ0) is 22.2. The molecule has 3 N–H and O–H groups in total. The summed E-state index contributed by atoms with van der Waals surface area (Å²) in [5.74, 6) is -0.949. The largest absolute Gasteiger partial charge is 0.480 e. The van der Waals surface area contributed by atoms with E-state index in [1.807, 2.05) is 17.5 Å². The summed E-state index contributed by atoms with van der Waals surface area (Å²) >= 11 is 1.54. The number of carboxylic acid groups (broad SMARTS) is 1. The number of allylic oxidation sites excluding steroid dienone is 4. The number of anilines is 1. The number of pyridine rings is 1. The van der Waals surface area contributed by atoms with Crippen LogP contribution in [-0.4, -0.2) is 43.1 Å². The van der Waals surface area contributed by atoms with Gasteiger partial charge in [-0.15, -0.1) is 21.5 Å². The molecule has 0 bridgehead atoms. The molecule has 3 aromatic heterocycles. The number of hydrogen-bond donors (Lipinski definition) is 3. The molecule has 0 saturated carbocycles. The van der Waals surface area contributed by atoms with E-state index in [9.17, 15) is 9.59 Å². The summed E-state index contributed by atoms with van der Waals surface area (Å²) in [6, 6.07) is 3.31. The van der Waals surface area contributed by atoms with E-state index in [1.165, 1.54) is 6.42 Å². The highest BCUT2D eigenvalue weighted by Crippen LogP contribution is 2.27. The number of amides is 1. The molecule has 1 aliphatic rings. The fourth-order valence-corrected chi connectivity index (χ4v) is 3.48. The van der Waals surface area contributed by atoms with E-state index in [0.717, 1.165) is 29.2 Å². The van der Waals surface area contributed by atoms with Crippen molar-refractivity contribution in [3.63, 3.8) is 0 Å². The van der Waals surface area contributed by atoms with Gasteiger partial charge in [-0.25, -0.2) is 4.98 Å². The lowest BCUT2D eigenvalue weighted by molar-refractivity contribution is -0.135. The topological polar surface area (TPSA) is 122 Å². The molecule has 0 spiro atoms. The quantitative estimate of drug-likeness (QED) is 0.535. The molecule has 4 rings (SSSR count). The molecule has 0 saturated heterocycles. The Kier molecular flexibility index (Phi) is 7.50. The van der Waals surface area contributed by atoms with Crippen LogP contribution in [0.5, 0.6) is 0 Å². The molecule has 31 heavy (non-hydrogen) atoms. The van der Waals surface area contributed by atoms with Crippen molar-refractivity contribution in [1.82, 2.24) is 24.9 Å². The SMILES string of the molecule is CCC.O=C(O)CNC(=O)c1cccn2c(C3=CC=C(Nc4nccs4)CC3)nnc12. The van der Waals surface area contributed by atoms with Crippen molar-refractivity contribution in [1.29, 1.82) is 0 Å². The highest BCUT2D eigenvalue weighted by Gasteiger charge is 2.18. The number of hydrogen-bond acceptors (Lipinski definition) is 7. The van der Waals surface area contributed by atoms with E-state index in [0.29, 0.717) is 11.5 Å². The number of nitrogens with one attached hydrogen (secondary N) is 2. The van der Waals surface area contributed by atoms with Crippen molar-refractivity contribution in [2.24, 2.45) is 0 Å². The molecule has 162 valence electrons. The lowest BCUT2D eigenvalue weighted by Crippen LogP contribution is -2.29. The predicted molar refractivity (Wildman–Crippen MR) is 120 cm³/mol. The highest BCUT2D eigenvalue weighted by atomic mass is 32.1. The summed E-state index contributed by atoms with van der Waals surface area (Å²) < 4.78 is 1.74. The van der Waals surface area contributed by atoms with Crippen LogP contribution >= 0.6 is 11.3 Å². The molecular formula is C21H24N6O3S. The van der Waals surface area contributed by atoms with E-state index in [4.69, 9.17) is 5.11 Å². The number of carboxylic acids is 1. The Morgan fingerprint density at radius 1 is 1.23 bits per heavy atom. The maximum absolute atomic E-state index is 12.3. The van der Waals surface area contributed by atoms with Crippen LogP contribution in [-0.2, 0) is 4.79 Å². The van der Waals surface area contributed by atoms with Gasteiger partial charge in [0.15, 0.2) is 16.6 Å². The zero-order valence-corrected chi connectivity index (χ0v) is 18.1. The molecule has 0 fully saturated rings. The molecule has 0 aliphatic heterocycles. The second kappa shape index (κ2) is 10.5. The van der Waals surface area contributed by atoms with Crippen LogP contribution in [0.15, 0.2) is 47.8 Å². The Bertz CT molecular complexity index is 1120. The maximum atomic E-state index is 12.3. The minimum Gasteiger partial charge on any atom is -0.480 e. The van der Waals surface area contributed by atoms with E-state index in [1.54, 1.807) is 40.3 Å². The number of nitrogens with zero attached hydrogens (tertiary/aromatic N) is 4. The zero-order valence-electron chi connectivity index (χ0n) is 17.3. The van der Waals surface area contributed by atoms with E-state index >= 15 is 0 Å². The smallest absolute Gasteiger partial charge is 0.322 e. The Hall–Kier alpha value is -3.53. The monoisotopic (exact) mass is 440 g/mol. The summed E-state index contributed by atoms with van der Waals surface area (Å²) in [6.07, 6.45) is 10.3. The first-order chi connectivity index (χ1) is 15.0. The third kappa shape index (κ3) is 5.54. The highest BCUT2D eigenvalue weighted by molar-refractivity contribution is 7.13. The van der Waals surface area contributed by atoms with Crippen LogP contribution in [0.1, 0.15) is 49.3 Å². The van der Waals surface area contributed by atoms with Crippen LogP contribution in [0.25, 0.3) is 11.2 Å². The molecule has 0 radical (unpaired) electrons. The molecule has 1 amide bonds. The van der Waals surface area contributed by atoms with Gasteiger partial charge in [-0.1, -0.05) is 26.3 Å². The fourth-order valence-electron chi connectivity index (χ4n) is 2.91. The van der Waals surface area contributed by atoms with Gasteiger partial charge in [0.1, 0.15) is 6.54 Å². The molecule has 3 aromatic rings. The molecule has 1 aliphatic carbocycles. The summed E-state index contributed by atoms with van der Waals surface area (Å²) in [7, 11) is 0. The predicted octanol–water partition coefficient (Wildman–Crippen LogP) is 3.59. The van der Waals surface area contributed by atoms with E-state index in [2.05, 4.69) is 39.7 Å². The van der Waals surface area contributed by atoms with E-state index in [-0.39, 0.29) is 5.56 Å². The van der Waals surface area contributed by atoms with Gasteiger partial charge in [0, 0.05) is 23.5 Å². The Morgan fingerprint density at radius 3 is 2.68 bits per heavy atom. The van der Waals surface area contributed by atoms with Crippen LogP contribution in [0.2, 0.25) is 0 Å². The summed E-state index contributed by atoms with van der Waals surface area (Å²) in [5.41, 5.74) is 2.74. The van der Waals surface area contributed by atoms with E-state index < -0.39 is 18.4 Å². The van der Waals surface area contributed by atoms with Crippen LogP contribution in [0.3, 0.4) is 0 Å². The number of rotatable bonds is 6. The standard InChI is InChI=1S/C18H16N6O3S.C3H8/c25-14(26)10-20-17(27)13-2-1-8-24-15(22-23-16(13)24)11-3-5-12(6-4-11)21-18-19-7-9-28-18;1-3-2/h1-3,5,7-9H,4,6,10H2,(H,19,21)(H,20,27)(H,25,26);3H2,1-2H3. The van der Waals surface area contributed by atoms with Crippen molar-refractivity contribution in [2.45, 2.75) is 33.1 Å². The molecule has 10 heteroatoms. The van der Waals surface area contributed by atoms with Gasteiger partial charge in [0.25, 0.3) is 5.91 Å². The number of carbonyl (C=O) groups excluding carboxylic acids is 1. The number of aromatic nitrogens is 4.